The average Bonchev–Trinajstić information content (AvgIpc) is 2.72. The molecule has 0 aliphatic carbocycles. The van der Waals surface area contributed by atoms with Crippen molar-refractivity contribution >= 4 is 23.8 Å². The third-order valence-electron chi connectivity index (χ3n) is 4.06. The Morgan fingerprint density at radius 3 is 1.72 bits per heavy atom. The molecule has 0 aromatic carbocycles. The highest BCUT2D eigenvalue weighted by Gasteiger charge is 2.27. The summed E-state index contributed by atoms with van der Waals surface area (Å²) < 4.78 is 0. The number of nitrogens with zero attached hydrogens (tertiary/aromatic N) is 4. The zero-order valence-corrected chi connectivity index (χ0v) is 16.9. The van der Waals surface area contributed by atoms with Crippen LogP contribution < -0.4 is 16.4 Å². The van der Waals surface area contributed by atoms with Gasteiger partial charge < -0.3 is 36.8 Å². The van der Waals surface area contributed by atoms with E-state index in [9.17, 15) is 34.5 Å². The quantitative estimate of drug-likeness (QED) is 0.138. The van der Waals surface area contributed by atoms with Crippen LogP contribution in [0.5, 0.6) is 0 Å². The van der Waals surface area contributed by atoms with E-state index in [2.05, 4.69) is 20.6 Å². The molecular weight excluding hydrogens is 430 g/mol. The fourth-order valence-corrected chi connectivity index (χ4v) is 2.32. The van der Waals surface area contributed by atoms with Crippen LogP contribution in [0.2, 0.25) is 0 Å². The molecule has 0 saturated heterocycles. The van der Waals surface area contributed by atoms with Gasteiger partial charge in [-0.3, -0.25) is 14.4 Å². The van der Waals surface area contributed by atoms with Crippen LogP contribution in [0.4, 0.5) is 0 Å². The minimum atomic E-state index is -1.48. The summed E-state index contributed by atoms with van der Waals surface area (Å²) in [6.45, 7) is 0. The Balaban J connectivity index is 5.26. The van der Waals surface area contributed by atoms with E-state index in [0.29, 0.717) is 12.4 Å². The van der Waals surface area contributed by atoms with Crippen molar-refractivity contribution in [1.29, 1.82) is 10.8 Å². The second kappa shape index (κ2) is 14.7. The second-order valence-electron chi connectivity index (χ2n) is 6.55. The maximum atomic E-state index is 12.6. The van der Waals surface area contributed by atoms with Gasteiger partial charge in [0.2, 0.25) is 22.6 Å². The number of carboxylic acids is 2. The molecule has 0 radical (unpaired) electrons. The average molecular weight is 455 g/mol. The molecule has 0 unspecified atom stereocenters. The number of hydrogen-bond donors (Lipinski definition) is 7. The number of carboxylic acid groups (broad SMARTS) is 2. The summed E-state index contributed by atoms with van der Waals surface area (Å²) >= 11 is 0. The summed E-state index contributed by atoms with van der Waals surface area (Å²) in [7, 11) is 0. The first-order chi connectivity index (χ1) is 15.0. The van der Waals surface area contributed by atoms with Crippen LogP contribution in [-0.2, 0) is 19.2 Å². The summed E-state index contributed by atoms with van der Waals surface area (Å²) in [6, 6.07) is -4.11. The van der Waals surface area contributed by atoms with Crippen LogP contribution in [-0.4, -0.2) is 62.3 Å². The number of aliphatic carboxylic acids is 2. The zero-order valence-electron chi connectivity index (χ0n) is 16.9. The molecule has 0 spiro atoms. The maximum Gasteiger partial charge on any atom is 0.387 e. The van der Waals surface area contributed by atoms with Gasteiger partial charge >= 0.3 is 24.3 Å². The monoisotopic (exact) mass is 455 g/mol. The van der Waals surface area contributed by atoms with E-state index in [4.69, 9.17) is 21.6 Å². The Bertz CT molecular complexity index is 843. The minimum absolute atomic E-state index is 0.219. The van der Waals surface area contributed by atoms with Gasteiger partial charge in [-0.05, 0) is 19.3 Å². The van der Waals surface area contributed by atoms with Crippen molar-refractivity contribution in [2.75, 3.05) is 0 Å². The summed E-state index contributed by atoms with van der Waals surface area (Å²) in [6.07, 6.45) is -0.136. The molecular formula is C17H25N7O8+2. The van der Waals surface area contributed by atoms with Crippen molar-refractivity contribution in [3.63, 3.8) is 0 Å². The predicted molar refractivity (Wildman–Crippen MR) is 106 cm³/mol. The molecule has 0 aliphatic heterocycles. The van der Waals surface area contributed by atoms with Crippen molar-refractivity contribution in [2.24, 2.45) is 5.73 Å². The normalized spacial score (nSPS) is 14.2. The van der Waals surface area contributed by atoms with E-state index in [1.165, 1.54) is 0 Å². The summed E-state index contributed by atoms with van der Waals surface area (Å²) in [5.41, 5.74) is 5.32. The van der Waals surface area contributed by atoms with Gasteiger partial charge in [0.25, 0.3) is 0 Å². The fourth-order valence-electron chi connectivity index (χ4n) is 2.32. The third kappa shape index (κ3) is 11.7. The zero-order chi connectivity index (χ0) is 24.7. The van der Waals surface area contributed by atoms with E-state index >= 15 is 0 Å². The van der Waals surface area contributed by atoms with Gasteiger partial charge in [-0.25, -0.2) is 4.79 Å². The molecule has 3 atom stereocenters. The SMILES string of the molecule is N#[N+]/C=C(\O)CC[C@H](NC(=O)[C@H](CC/C(O)=C/[N+]#N)NC(=O)CC[C@H](N)C(=O)O)C(=O)O. The van der Waals surface area contributed by atoms with Crippen molar-refractivity contribution < 1.29 is 39.6 Å². The van der Waals surface area contributed by atoms with Crippen LogP contribution in [0.3, 0.4) is 0 Å². The molecule has 0 bridgehead atoms. The lowest BCUT2D eigenvalue weighted by Gasteiger charge is -2.21. The molecule has 0 saturated carbocycles. The highest BCUT2D eigenvalue weighted by molar-refractivity contribution is 5.90. The van der Waals surface area contributed by atoms with Gasteiger partial charge in [-0.2, -0.15) is 0 Å². The number of amides is 2. The first kappa shape index (κ1) is 27.8. The Morgan fingerprint density at radius 2 is 1.28 bits per heavy atom. The lowest BCUT2D eigenvalue weighted by Crippen LogP contribution is -2.51. The highest BCUT2D eigenvalue weighted by atomic mass is 16.4. The molecule has 0 aliphatic rings. The molecule has 0 aromatic heterocycles. The van der Waals surface area contributed by atoms with E-state index in [1.807, 2.05) is 0 Å². The standard InChI is InChI=1S/C17H23N7O8/c18-11(16(29)30)3-6-14(27)23-12(4-1-9(25)7-21-19)15(28)24-13(17(31)32)5-2-10(26)8-22-20/h7-8,11-13H,1-6,18H2,(H4-2,23,24,25,26,27,28,29,30,31,32)/p+2/b9-7-,10-8-/t11-,12-,13-/m0/s1. The molecule has 2 amide bonds. The van der Waals surface area contributed by atoms with E-state index < -0.39 is 53.4 Å². The maximum absolute atomic E-state index is 12.6. The van der Waals surface area contributed by atoms with Crippen LogP contribution in [0, 0.1) is 10.8 Å². The number of aliphatic hydroxyl groups is 2. The number of aliphatic hydroxyl groups excluding tert-OH is 2. The first-order valence-electron chi connectivity index (χ1n) is 9.27. The number of diazo groups is 2. The number of allylic oxidation sites excluding steroid dienone is 2. The molecule has 0 fully saturated rings. The number of nitrogens with two attached hydrogens (primary N) is 1. The number of nitrogens with one attached hydrogen (secondary N) is 2. The first-order valence-corrected chi connectivity index (χ1v) is 9.27. The van der Waals surface area contributed by atoms with Crippen molar-refractivity contribution in [3.8, 4) is 0 Å². The summed E-state index contributed by atoms with van der Waals surface area (Å²) in [5.74, 6) is -5.29. The minimum Gasteiger partial charge on any atom is -0.505 e. The molecule has 0 aromatic rings. The smallest absolute Gasteiger partial charge is 0.387 e. The second-order valence-corrected chi connectivity index (χ2v) is 6.55. The molecule has 15 heteroatoms. The fraction of sp³-hybridized carbons (Fsp3) is 0.529. The molecule has 32 heavy (non-hydrogen) atoms. The lowest BCUT2D eigenvalue weighted by molar-refractivity contribution is -0.142. The molecule has 0 rings (SSSR count). The van der Waals surface area contributed by atoms with Crippen LogP contribution in [0.25, 0.3) is 9.95 Å². The van der Waals surface area contributed by atoms with Crippen molar-refractivity contribution in [3.05, 3.63) is 33.9 Å². The summed E-state index contributed by atoms with van der Waals surface area (Å²) in [4.78, 5) is 52.0. The van der Waals surface area contributed by atoms with Gasteiger partial charge in [-0.1, -0.05) is 0 Å². The Morgan fingerprint density at radius 1 is 0.781 bits per heavy atom. The molecule has 15 nitrogen and oxygen atoms in total. The van der Waals surface area contributed by atoms with Crippen molar-refractivity contribution in [1.82, 2.24) is 10.6 Å². The Labute approximate surface area is 181 Å². The van der Waals surface area contributed by atoms with Gasteiger partial charge in [0.05, 0.1) is 0 Å². The topological polar surface area (TPSA) is 256 Å². The number of hydrogen-bond acceptors (Lipinski definition) is 9. The van der Waals surface area contributed by atoms with Crippen LogP contribution in [0.15, 0.2) is 23.9 Å². The van der Waals surface area contributed by atoms with Gasteiger partial charge in [0, 0.05) is 19.3 Å². The van der Waals surface area contributed by atoms with E-state index in [0.717, 1.165) is 0 Å². The third-order valence-corrected chi connectivity index (χ3v) is 4.06. The Hall–Kier alpha value is -4.24. The number of rotatable bonds is 14. The summed E-state index contributed by atoms with van der Waals surface area (Å²) in [5, 5.41) is 58.2. The van der Waals surface area contributed by atoms with Gasteiger partial charge in [-0.15, -0.1) is 0 Å². The van der Waals surface area contributed by atoms with Crippen molar-refractivity contribution in [2.45, 2.75) is 56.7 Å². The van der Waals surface area contributed by atoms with Gasteiger partial charge in [0.1, 0.15) is 18.1 Å². The molecule has 0 heterocycles. The van der Waals surface area contributed by atoms with E-state index in [1.54, 1.807) is 0 Å². The molecule has 174 valence electrons. The number of carbonyl (C=O) groups is 4. The predicted octanol–water partition coefficient (Wildman–Crippen LogP) is 0.298. The number of carbonyl (C=O) groups excluding carboxylic acids is 2. The van der Waals surface area contributed by atoms with Gasteiger partial charge in [0.15, 0.2) is 21.5 Å². The van der Waals surface area contributed by atoms with Crippen LogP contribution in [0.1, 0.15) is 38.5 Å². The largest absolute Gasteiger partial charge is 0.505 e. The molecule has 8 N–H and O–H groups in total. The lowest BCUT2D eigenvalue weighted by atomic mass is 10.1. The van der Waals surface area contributed by atoms with Crippen LogP contribution >= 0.6 is 0 Å². The highest BCUT2D eigenvalue weighted by Crippen LogP contribution is 2.10. The van der Waals surface area contributed by atoms with E-state index in [-0.39, 0.29) is 38.5 Å². The Kier molecular flexibility index (Phi) is 12.7.